The van der Waals surface area contributed by atoms with Crippen molar-refractivity contribution in [3.63, 3.8) is 0 Å². The number of hydrogen-bond donors (Lipinski definition) is 0. The lowest BCUT2D eigenvalue weighted by Crippen LogP contribution is -2.59. The summed E-state index contributed by atoms with van der Waals surface area (Å²) in [5, 5.41) is 4.27. The molecule has 2 heterocycles. The highest BCUT2D eigenvalue weighted by molar-refractivity contribution is 5.87. The first-order valence-electron chi connectivity index (χ1n) is 7.87. The van der Waals surface area contributed by atoms with Crippen molar-refractivity contribution in [1.82, 2.24) is 29.5 Å². The molecule has 1 aliphatic heterocycles. The molecule has 0 radical (unpaired) electrons. The van der Waals surface area contributed by atoms with Crippen LogP contribution in [0.2, 0.25) is 0 Å². The number of nitrogens with zero attached hydrogens (tertiary/aromatic N) is 6. The average molecular weight is 322 g/mol. The topological polar surface area (TPSA) is 74.6 Å². The number of aromatic nitrogens is 3. The van der Waals surface area contributed by atoms with Gasteiger partial charge in [0.1, 0.15) is 17.7 Å². The van der Waals surface area contributed by atoms with E-state index in [1.165, 1.54) is 0 Å². The Morgan fingerprint density at radius 2 is 1.96 bits per heavy atom. The Hall–Kier alpha value is -1.96. The molecule has 1 fully saturated rings. The number of amides is 2. The molecule has 8 heteroatoms. The van der Waals surface area contributed by atoms with Crippen LogP contribution in [0.1, 0.15) is 18.1 Å². The van der Waals surface area contributed by atoms with Crippen LogP contribution in [0.4, 0.5) is 0 Å². The van der Waals surface area contributed by atoms with E-state index in [1.54, 1.807) is 28.6 Å². The number of piperazine rings is 1. The number of carbonyl (C=O) groups is 2. The maximum Gasteiger partial charge on any atom is 0.246 e. The molecular formula is C15H26N6O2. The SMILES string of the molecule is Cc1nc(C)n(CCC(=O)N2CCN(C)CC2C(=O)N(C)C)n1. The fourth-order valence-corrected chi connectivity index (χ4v) is 2.85. The van der Waals surface area contributed by atoms with Crippen molar-refractivity contribution in [2.75, 3.05) is 40.8 Å². The summed E-state index contributed by atoms with van der Waals surface area (Å²) in [7, 11) is 5.42. The maximum absolute atomic E-state index is 12.6. The van der Waals surface area contributed by atoms with Crippen LogP contribution in [0.3, 0.4) is 0 Å². The zero-order valence-corrected chi connectivity index (χ0v) is 14.6. The first-order chi connectivity index (χ1) is 10.8. The second-order valence-electron chi connectivity index (χ2n) is 6.28. The summed E-state index contributed by atoms with van der Waals surface area (Å²) in [5.74, 6) is 1.47. The summed E-state index contributed by atoms with van der Waals surface area (Å²) < 4.78 is 1.74. The van der Waals surface area contributed by atoms with Crippen molar-refractivity contribution >= 4 is 11.8 Å². The van der Waals surface area contributed by atoms with Gasteiger partial charge in [0.2, 0.25) is 11.8 Å². The van der Waals surface area contributed by atoms with Gasteiger partial charge in [-0.05, 0) is 20.9 Å². The number of likely N-dealkylation sites (N-methyl/N-ethyl adjacent to an activating group) is 2. The van der Waals surface area contributed by atoms with E-state index < -0.39 is 6.04 Å². The van der Waals surface area contributed by atoms with Crippen molar-refractivity contribution in [1.29, 1.82) is 0 Å². The second-order valence-corrected chi connectivity index (χ2v) is 6.28. The van der Waals surface area contributed by atoms with Crippen LogP contribution >= 0.6 is 0 Å². The second kappa shape index (κ2) is 7.08. The van der Waals surface area contributed by atoms with Gasteiger partial charge in [-0.1, -0.05) is 0 Å². The minimum Gasteiger partial charge on any atom is -0.347 e. The third-order valence-corrected chi connectivity index (χ3v) is 4.13. The molecule has 23 heavy (non-hydrogen) atoms. The van der Waals surface area contributed by atoms with E-state index in [-0.39, 0.29) is 11.8 Å². The van der Waals surface area contributed by atoms with Gasteiger partial charge in [0.25, 0.3) is 0 Å². The predicted octanol–water partition coefficient (Wildman–Crippen LogP) is -0.484. The van der Waals surface area contributed by atoms with E-state index in [0.717, 1.165) is 12.4 Å². The molecule has 1 aromatic rings. The average Bonchev–Trinajstić information content (AvgIpc) is 2.81. The zero-order chi connectivity index (χ0) is 17.1. The largest absolute Gasteiger partial charge is 0.347 e. The third-order valence-electron chi connectivity index (χ3n) is 4.13. The van der Waals surface area contributed by atoms with Crippen LogP contribution in [-0.2, 0) is 16.1 Å². The number of aryl methyl sites for hydroxylation is 3. The lowest BCUT2D eigenvalue weighted by atomic mass is 10.1. The number of hydrogen-bond acceptors (Lipinski definition) is 5. The van der Waals surface area contributed by atoms with Crippen LogP contribution in [0, 0.1) is 13.8 Å². The summed E-state index contributed by atoms with van der Waals surface area (Å²) in [6, 6.07) is -0.408. The van der Waals surface area contributed by atoms with Crippen LogP contribution < -0.4 is 0 Å². The lowest BCUT2D eigenvalue weighted by molar-refractivity contribution is -0.147. The summed E-state index contributed by atoms with van der Waals surface area (Å²) in [5.41, 5.74) is 0. The molecule has 1 aromatic heterocycles. The van der Waals surface area contributed by atoms with Crippen molar-refractivity contribution in [2.45, 2.75) is 32.9 Å². The molecule has 0 N–H and O–H groups in total. The van der Waals surface area contributed by atoms with Gasteiger partial charge >= 0.3 is 0 Å². The van der Waals surface area contributed by atoms with Crippen LogP contribution in [0.25, 0.3) is 0 Å². The maximum atomic E-state index is 12.6. The van der Waals surface area contributed by atoms with E-state index in [4.69, 9.17) is 0 Å². The first-order valence-corrected chi connectivity index (χ1v) is 7.87. The van der Waals surface area contributed by atoms with E-state index in [2.05, 4.69) is 15.0 Å². The molecule has 2 rings (SSSR count). The summed E-state index contributed by atoms with van der Waals surface area (Å²) in [4.78, 5) is 34.6. The van der Waals surface area contributed by atoms with E-state index in [0.29, 0.717) is 31.9 Å². The molecule has 8 nitrogen and oxygen atoms in total. The Labute approximate surface area is 137 Å². The lowest BCUT2D eigenvalue weighted by Gasteiger charge is -2.40. The Morgan fingerprint density at radius 1 is 1.26 bits per heavy atom. The Bertz CT molecular complexity index is 583. The Balaban J connectivity index is 2.03. The molecule has 0 bridgehead atoms. The van der Waals surface area contributed by atoms with Gasteiger partial charge < -0.3 is 14.7 Å². The van der Waals surface area contributed by atoms with Crippen LogP contribution in [0.15, 0.2) is 0 Å². The molecule has 128 valence electrons. The van der Waals surface area contributed by atoms with E-state index >= 15 is 0 Å². The van der Waals surface area contributed by atoms with Crippen molar-refractivity contribution in [3.05, 3.63) is 11.6 Å². The smallest absolute Gasteiger partial charge is 0.246 e. The van der Waals surface area contributed by atoms with Gasteiger partial charge in [0.05, 0.1) is 6.54 Å². The van der Waals surface area contributed by atoms with Gasteiger partial charge in [-0.3, -0.25) is 9.59 Å². The molecule has 0 saturated carbocycles. The molecular weight excluding hydrogens is 296 g/mol. The Kier molecular flexibility index (Phi) is 5.35. The van der Waals surface area contributed by atoms with Crippen LogP contribution in [-0.4, -0.2) is 88.1 Å². The van der Waals surface area contributed by atoms with Gasteiger partial charge in [-0.15, -0.1) is 0 Å². The van der Waals surface area contributed by atoms with Gasteiger partial charge in [-0.25, -0.2) is 9.67 Å². The monoisotopic (exact) mass is 322 g/mol. The third kappa shape index (κ3) is 4.07. The highest BCUT2D eigenvalue weighted by Gasteiger charge is 2.34. The number of carbonyl (C=O) groups excluding carboxylic acids is 2. The van der Waals surface area contributed by atoms with Gasteiger partial charge in [-0.2, -0.15) is 5.10 Å². The quantitative estimate of drug-likeness (QED) is 0.748. The summed E-state index contributed by atoms with van der Waals surface area (Å²) in [6.45, 7) is 6.13. The summed E-state index contributed by atoms with van der Waals surface area (Å²) >= 11 is 0. The zero-order valence-electron chi connectivity index (χ0n) is 14.6. The van der Waals surface area contributed by atoms with Crippen molar-refractivity contribution in [3.8, 4) is 0 Å². The predicted molar refractivity (Wildman–Crippen MR) is 85.8 cm³/mol. The van der Waals surface area contributed by atoms with Crippen molar-refractivity contribution in [2.24, 2.45) is 0 Å². The van der Waals surface area contributed by atoms with E-state index in [1.807, 2.05) is 20.9 Å². The molecule has 0 aliphatic carbocycles. The van der Waals surface area contributed by atoms with Gasteiger partial charge in [0.15, 0.2) is 0 Å². The highest BCUT2D eigenvalue weighted by atomic mass is 16.2. The molecule has 1 saturated heterocycles. The molecule has 1 aliphatic rings. The minimum atomic E-state index is -0.408. The summed E-state index contributed by atoms with van der Waals surface area (Å²) in [6.07, 6.45) is 0.324. The minimum absolute atomic E-state index is 0.00847. The molecule has 0 spiro atoms. The fourth-order valence-electron chi connectivity index (χ4n) is 2.85. The highest BCUT2D eigenvalue weighted by Crippen LogP contribution is 2.13. The number of rotatable bonds is 4. The molecule has 1 unspecified atom stereocenters. The fraction of sp³-hybridized carbons (Fsp3) is 0.733. The molecule has 2 amide bonds. The first kappa shape index (κ1) is 17.4. The molecule has 0 aromatic carbocycles. The van der Waals surface area contributed by atoms with E-state index in [9.17, 15) is 9.59 Å². The van der Waals surface area contributed by atoms with Crippen LogP contribution in [0.5, 0.6) is 0 Å². The van der Waals surface area contributed by atoms with Gasteiger partial charge in [0, 0.05) is 40.2 Å². The standard InChI is InChI=1S/C15H26N6O2/c1-11-16-12(2)21(17-11)7-6-14(22)20-9-8-19(5)10-13(20)15(23)18(3)4/h13H,6-10H2,1-5H3. The Morgan fingerprint density at radius 3 is 2.52 bits per heavy atom. The van der Waals surface area contributed by atoms with Crippen molar-refractivity contribution < 1.29 is 9.59 Å². The molecule has 1 atom stereocenters. The normalized spacial score (nSPS) is 19.0.